The van der Waals surface area contributed by atoms with Gasteiger partial charge in [0, 0.05) is 36.6 Å². The predicted octanol–water partition coefficient (Wildman–Crippen LogP) is 2.76. The number of carbonyl (C=O) groups excluding carboxylic acids is 1. The Morgan fingerprint density at radius 3 is 2.78 bits per heavy atom. The summed E-state index contributed by atoms with van der Waals surface area (Å²) in [6.07, 6.45) is 9.68. The number of hydrogen-bond acceptors (Lipinski definition) is 4. The molecule has 2 heterocycles. The van der Waals surface area contributed by atoms with E-state index in [1.54, 1.807) is 25.4 Å². The summed E-state index contributed by atoms with van der Waals surface area (Å²) in [4.78, 5) is 22.3. The van der Waals surface area contributed by atoms with Gasteiger partial charge in [-0.1, -0.05) is 5.92 Å². The van der Waals surface area contributed by atoms with Gasteiger partial charge in [0.05, 0.1) is 6.04 Å². The number of carbonyl (C=O) groups is 1. The zero-order valence-corrected chi connectivity index (χ0v) is 13.2. The molecule has 2 unspecified atom stereocenters. The number of nitrogens with zero attached hydrogens (tertiary/aromatic N) is 3. The minimum absolute atomic E-state index is 0.00583. The van der Waals surface area contributed by atoms with E-state index in [1.165, 1.54) is 0 Å². The molecule has 1 aliphatic heterocycles. The van der Waals surface area contributed by atoms with Crippen LogP contribution in [-0.4, -0.2) is 21.9 Å². The first-order valence-electron chi connectivity index (χ1n) is 7.54. The molecule has 0 saturated carbocycles. The second-order valence-corrected chi connectivity index (χ2v) is 5.66. The summed E-state index contributed by atoms with van der Waals surface area (Å²) < 4.78 is 0. The highest BCUT2D eigenvalue weighted by atomic mass is 16.2. The molecule has 0 aliphatic carbocycles. The monoisotopic (exact) mass is 306 g/mol. The molecule has 1 N–H and O–H groups in total. The molecule has 1 aromatic heterocycles. The number of terminal acetylenes is 1. The number of amides is 1. The zero-order valence-electron chi connectivity index (χ0n) is 13.2. The van der Waals surface area contributed by atoms with Crippen molar-refractivity contribution < 1.29 is 4.79 Å². The maximum atomic E-state index is 12.0. The van der Waals surface area contributed by atoms with Crippen molar-refractivity contribution in [1.29, 1.82) is 0 Å². The maximum absolute atomic E-state index is 12.0. The molecule has 0 fully saturated rings. The van der Waals surface area contributed by atoms with Crippen LogP contribution in [0.1, 0.15) is 37.4 Å². The SMILES string of the molecule is C#Cc1ccc2c(c1)C(Nc1ncccn1)CC(C)N2C(C)=O. The van der Waals surface area contributed by atoms with E-state index in [0.29, 0.717) is 5.95 Å². The summed E-state index contributed by atoms with van der Waals surface area (Å²) in [6, 6.07) is 7.60. The van der Waals surface area contributed by atoms with E-state index in [2.05, 4.69) is 21.2 Å². The fourth-order valence-electron chi connectivity index (χ4n) is 3.10. The molecule has 5 heteroatoms. The van der Waals surface area contributed by atoms with Crippen molar-refractivity contribution in [2.75, 3.05) is 10.2 Å². The van der Waals surface area contributed by atoms with E-state index in [9.17, 15) is 4.79 Å². The standard InChI is InChI=1S/C18H18N4O/c1-4-14-6-7-17-15(11-14)16(10-12(2)22(17)13(3)23)21-18-19-8-5-9-20-18/h1,5-9,11-12,16H,10H2,2-3H3,(H,19,20,21). The van der Waals surface area contributed by atoms with Gasteiger partial charge in [0.25, 0.3) is 0 Å². The largest absolute Gasteiger partial charge is 0.347 e. The highest BCUT2D eigenvalue weighted by molar-refractivity contribution is 5.94. The molecule has 0 saturated heterocycles. The van der Waals surface area contributed by atoms with Crippen molar-refractivity contribution in [2.45, 2.75) is 32.4 Å². The van der Waals surface area contributed by atoms with Crippen LogP contribution >= 0.6 is 0 Å². The lowest BCUT2D eigenvalue weighted by Crippen LogP contribution is -2.43. The summed E-state index contributed by atoms with van der Waals surface area (Å²) in [6.45, 7) is 3.63. The van der Waals surface area contributed by atoms with E-state index >= 15 is 0 Å². The molecule has 23 heavy (non-hydrogen) atoms. The average Bonchev–Trinajstić information content (AvgIpc) is 2.55. The first-order chi connectivity index (χ1) is 11.1. The van der Waals surface area contributed by atoms with Crippen molar-refractivity contribution in [3.63, 3.8) is 0 Å². The Kier molecular flexibility index (Phi) is 3.98. The second-order valence-electron chi connectivity index (χ2n) is 5.66. The molecule has 1 amide bonds. The quantitative estimate of drug-likeness (QED) is 0.867. The van der Waals surface area contributed by atoms with Gasteiger partial charge in [0.2, 0.25) is 11.9 Å². The maximum Gasteiger partial charge on any atom is 0.224 e. The molecule has 2 aromatic rings. The van der Waals surface area contributed by atoms with Crippen LogP contribution in [0.5, 0.6) is 0 Å². The predicted molar refractivity (Wildman–Crippen MR) is 90.0 cm³/mol. The summed E-state index contributed by atoms with van der Waals surface area (Å²) >= 11 is 0. The van der Waals surface area contributed by atoms with Crippen molar-refractivity contribution in [3.05, 3.63) is 47.8 Å². The molecule has 116 valence electrons. The number of rotatable bonds is 2. The summed E-state index contributed by atoms with van der Waals surface area (Å²) in [5.41, 5.74) is 2.69. The average molecular weight is 306 g/mol. The number of benzene rings is 1. The van der Waals surface area contributed by atoms with Gasteiger partial charge in [-0.25, -0.2) is 9.97 Å². The number of nitrogens with one attached hydrogen (secondary N) is 1. The molecule has 1 aromatic carbocycles. The lowest BCUT2D eigenvalue weighted by atomic mass is 9.90. The van der Waals surface area contributed by atoms with Crippen LogP contribution in [0.4, 0.5) is 11.6 Å². The Bertz CT molecular complexity index is 766. The van der Waals surface area contributed by atoms with Crippen LogP contribution < -0.4 is 10.2 Å². The van der Waals surface area contributed by atoms with Gasteiger partial charge >= 0.3 is 0 Å². The van der Waals surface area contributed by atoms with E-state index in [0.717, 1.165) is 23.2 Å². The Hall–Kier alpha value is -2.87. The third kappa shape index (κ3) is 2.88. The smallest absolute Gasteiger partial charge is 0.224 e. The molecule has 0 bridgehead atoms. The summed E-state index contributed by atoms with van der Waals surface area (Å²) in [7, 11) is 0. The Morgan fingerprint density at radius 1 is 1.39 bits per heavy atom. The van der Waals surface area contributed by atoms with Crippen LogP contribution in [0, 0.1) is 12.3 Å². The third-order valence-corrected chi connectivity index (χ3v) is 4.06. The topological polar surface area (TPSA) is 58.1 Å². The highest BCUT2D eigenvalue weighted by Gasteiger charge is 2.32. The van der Waals surface area contributed by atoms with Gasteiger partial charge < -0.3 is 10.2 Å². The fraction of sp³-hybridized carbons (Fsp3) is 0.278. The summed E-state index contributed by atoms with van der Waals surface area (Å²) in [5, 5.41) is 3.35. The molecule has 0 radical (unpaired) electrons. The molecular weight excluding hydrogens is 288 g/mol. The van der Waals surface area contributed by atoms with Crippen molar-refractivity contribution in [2.24, 2.45) is 0 Å². The van der Waals surface area contributed by atoms with Gasteiger partial charge in [-0.05, 0) is 43.2 Å². The number of aromatic nitrogens is 2. The number of anilines is 2. The number of fused-ring (bicyclic) bond motifs is 1. The van der Waals surface area contributed by atoms with Crippen LogP contribution in [0.2, 0.25) is 0 Å². The van der Waals surface area contributed by atoms with E-state index < -0.39 is 0 Å². The van der Waals surface area contributed by atoms with Crippen LogP contribution in [0.15, 0.2) is 36.7 Å². The molecular formula is C18H18N4O. The van der Waals surface area contributed by atoms with E-state index in [-0.39, 0.29) is 18.0 Å². The lowest BCUT2D eigenvalue weighted by Gasteiger charge is -2.39. The van der Waals surface area contributed by atoms with Crippen molar-refractivity contribution >= 4 is 17.5 Å². The van der Waals surface area contributed by atoms with Crippen LogP contribution in [0.3, 0.4) is 0 Å². The van der Waals surface area contributed by atoms with Gasteiger partial charge in [-0.15, -0.1) is 6.42 Å². The second kappa shape index (κ2) is 6.09. The minimum atomic E-state index is 0.00583. The fourth-order valence-corrected chi connectivity index (χ4v) is 3.10. The molecule has 2 atom stereocenters. The van der Waals surface area contributed by atoms with Gasteiger partial charge in [-0.3, -0.25) is 4.79 Å². The normalized spacial score (nSPS) is 19.6. The lowest BCUT2D eigenvalue weighted by molar-refractivity contribution is -0.117. The van der Waals surface area contributed by atoms with Crippen molar-refractivity contribution in [3.8, 4) is 12.3 Å². The van der Waals surface area contributed by atoms with Crippen molar-refractivity contribution in [1.82, 2.24) is 9.97 Å². The van der Waals surface area contributed by atoms with E-state index in [1.807, 2.05) is 30.0 Å². The van der Waals surface area contributed by atoms with Gasteiger partial charge in [-0.2, -0.15) is 0 Å². The zero-order chi connectivity index (χ0) is 16.4. The summed E-state index contributed by atoms with van der Waals surface area (Å²) in [5.74, 6) is 3.25. The van der Waals surface area contributed by atoms with Gasteiger partial charge in [0.1, 0.15) is 0 Å². The highest BCUT2D eigenvalue weighted by Crippen LogP contribution is 2.39. The first kappa shape index (κ1) is 15.0. The van der Waals surface area contributed by atoms with Gasteiger partial charge in [0.15, 0.2) is 0 Å². The number of hydrogen-bond donors (Lipinski definition) is 1. The third-order valence-electron chi connectivity index (χ3n) is 4.06. The Morgan fingerprint density at radius 2 is 2.13 bits per heavy atom. The van der Waals surface area contributed by atoms with Crippen LogP contribution in [0.25, 0.3) is 0 Å². The first-order valence-corrected chi connectivity index (χ1v) is 7.54. The Labute approximate surface area is 135 Å². The molecule has 1 aliphatic rings. The Balaban J connectivity index is 2.04. The molecule has 5 nitrogen and oxygen atoms in total. The molecule has 3 rings (SSSR count). The molecule has 0 spiro atoms. The van der Waals surface area contributed by atoms with Crippen LogP contribution in [-0.2, 0) is 4.79 Å². The minimum Gasteiger partial charge on any atom is -0.347 e. The van der Waals surface area contributed by atoms with E-state index in [4.69, 9.17) is 6.42 Å².